The maximum absolute atomic E-state index is 12.5. The van der Waals surface area contributed by atoms with Crippen LogP contribution in [0.4, 0.5) is 0 Å². The Morgan fingerprint density at radius 2 is 1.93 bits per heavy atom. The van der Waals surface area contributed by atoms with Crippen LogP contribution >= 0.6 is 0 Å². The molecule has 1 amide bonds. The number of amides is 1. The number of fused-ring (bicyclic) bond motifs is 1. The molecule has 6 nitrogen and oxygen atoms in total. The zero-order valence-corrected chi connectivity index (χ0v) is 15.4. The van der Waals surface area contributed by atoms with Gasteiger partial charge in [-0.1, -0.05) is 18.2 Å². The van der Waals surface area contributed by atoms with Crippen molar-refractivity contribution >= 4 is 16.7 Å². The van der Waals surface area contributed by atoms with E-state index in [-0.39, 0.29) is 17.4 Å². The van der Waals surface area contributed by atoms with E-state index in [4.69, 9.17) is 9.47 Å². The summed E-state index contributed by atoms with van der Waals surface area (Å²) < 4.78 is 11.1. The highest BCUT2D eigenvalue weighted by Gasteiger charge is 2.19. The van der Waals surface area contributed by atoms with Gasteiger partial charge in [-0.25, -0.2) is 4.98 Å². The van der Waals surface area contributed by atoms with Gasteiger partial charge in [-0.15, -0.1) is 0 Å². The third-order valence-corrected chi connectivity index (χ3v) is 4.92. The SMILES string of the molecule is O=C(NCC1CCOCC1)c1ncc2cc(Oc3ccccc3)ccc2c1O. The first-order chi connectivity index (χ1) is 13.7. The molecule has 1 aliphatic rings. The van der Waals surface area contributed by atoms with Gasteiger partial charge in [-0.2, -0.15) is 0 Å². The Morgan fingerprint density at radius 1 is 1.14 bits per heavy atom. The van der Waals surface area contributed by atoms with Crippen molar-refractivity contribution in [2.45, 2.75) is 12.8 Å². The standard InChI is InChI=1S/C22H22N2O4/c25-21-19-7-6-18(28-17-4-2-1-3-5-17)12-16(19)14-23-20(21)22(26)24-13-15-8-10-27-11-9-15/h1-7,12,14-15,25H,8-11,13H2,(H,24,26). The van der Waals surface area contributed by atoms with Crippen LogP contribution in [0.15, 0.2) is 54.7 Å². The average molecular weight is 378 g/mol. The lowest BCUT2D eigenvalue weighted by Crippen LogP contribution is -2.32. The fourth-order valence-electron chi connectivity index (χ4n) is 3.31. The second kappa shape index (κ2) is 8.27. The highest BCUT2D eigenvalue weighted by molar-refractivity contribution is 6.01. The van der Waals surface area contributed by atoms with Crippen LogP contribution in [0, 0.1) is 5.92 Å². The predicted molar refractivity (Wildman–Crippen MR) is 106 cm³/mol. The summed E-state index contributed by atoms with van der Waals surface area (Å²) in [4.78, 5) is 16.6. The molecule has 0 spiro atoms. The Balaban J connectivity index is 1.50. The number of ether oxygens (including phenoxy) is 2. The minimum Gasteiger partial charge on any atom is -0.505 e. The van der Waals surface area contributed by atoms with Crippen LogP contribution in [0.3, 0.4) is 0 Å². The summed E-state index contributed by atoms with van der Waals surface area (Å²) in [5.74, 6) is 1.28. The zero-order chi connectivity index (χ0) is 19.3. The molecule has 0 aliphatic carbocycles. The van der Waals surface area contributed by atoms with Crippen LogP contribution in [0.25, 0.3) is 10.8 Å². The van der Waals surface area contributed by atoms with E-state index in [0.29, 0.717) is 29.0 Å². The van der Waals surface area contributed by atoms with Crippen LogP contribution in [0.2, 0.25) is 0 Å². The summed E-state index contributed by atoms with van der Waals surface area (Å²) in [7, 11) is 0. The molecule has 1 aromatic heterocycles. The second-order valence-corrected chi connectivity index (χ2v) is 6.89. The molecule has 3 aromatic rings. The van der Waals surface area contributed by atoms with Gasteiger partial charge in [-0.3, -0.25) is 4.79 Å². The molecule has 0 radical (unpaired) electrons. The summed E-state index contributed by atoms with van der Waals surface area (Å²) in [6.45, 7) is 2.02. The Kier molecular flexibility index (Phi) is 5.39. The molecule has 6 heteroatoms. The van der Waals surface area contributed by atoms with Crippen molar-refractivity contribution in [3.05, 3.63) is 60.4 Å². The Morgan fingerprint density at radius 3 is 2.71 bits per heavy atom. The molecule has 0 unspecified atom stereocenters. The molecule has 4 rings (SSSR count). The molecule has 1 aliphatic heterocycles. The van der Waals surface area contributed by atoms with E-state index >= 15 is 0 Å². The van der Waals surface area contributed by atoms with Crippen LogP contribution in [-0.4, -0.2) is 35.8 Å². The van der Waals surface area contributed by atoms with Gasteiger partial charge in [0.2, 0.25) is 0 Å². The maximum Gasteiger partial charge on any atom is 0.273 e. The first-order valence-corrected chi connectivity index (χ1v) is 9.41. The fourth-order valence-corrected chi connectivity index (χ4v) is 3.31. The van der Waals surface area contributed by atoms with Crippen LogP contribution in [0.5, 0.6) is 17.2 Å². The molecule has 28 heavy (non-hydrogen) atoms. The topological polar surface area (TPSA) is 80.7 Å². The second-order valence-electron chi connectivity index (χ2n) is 6.89. The molecule has 2 heterocycles. The number of nitrogens with one attached hydrogen (secondary N) is 1. The van der Waals surface area contributed by atoms with E-state index in [9.17, 15) is 9.90 Å². The number of rotatable bonds is 5. The van der Waals surface area contributed by atoms with Gasteiger partial charge in [0.15, 0.2) is 11.4 Å². The number of carbonyl (C=O) groups is 1. The lowest BCUT2D eigenvalue weighted by atomic mass is 10.0. The van der Waals surface area contributed by atoms with E-state index in [1.54, 1.807) is 24.4 Å². The molecule has 0 atom stereocenters. The molecular weight excluding hydrogens is 356 g/mol. The Hall–Kier alpha value is -3.12. The molecule has 1 saturated heterocycles. The number of carbonyl (C=O) groups excluding carboxylic acids is 1. The maximum atomic E-state index is 12.5. The fraction of sp³-hybridized carbons (Fsp3) is 0.273. The van der Waals surface area contributed by atoms with E-state index in [1.165, 1.54) is 0 Å². The quantitative estimate of drug-likeness (QED) is 0.704. The first-order valence-electron chi connectivity index (χ1n) is 9.41. The molecule has 1 fully saturated rings. The molecule has 2 aromatic carbocycles. The van der Waals surface area contributed by atoms with Gasteiger partial charge in [0.25, 0.3) is 5.91 Å². The van der Waals surface area contributed by atoms with Gasteiger partial charge in [0.1, 0.15) is 11.5 Å². The Bertz CT molecular complexity index is 969. The molecule has 0 saturated carbocycles. The van der Waals surface area contributed by atoms with Crippen LogP contribution < -0.4 is 10.1 Å². The van der Waals surface area contributed by atoms with Gasteiger partial charge < -0.3 is 19.9 Å². The summed E-state index contributed by atoms with van der Waals surface area (Å²) >= 11 is 0. The van der Waals surface area contributed by atoms with Crippen molar-refractivity contribution in [2.24, 2.45) is 5.92 Å². The van der Waals surface area contributed by atoms with E-state index in [1.807, 2.05) is 30.3 Å². The zero-order valence-electron chi connectivity index (χ0n) is 15.4. The minimum absolute atomic E-state index is 0.0382. The number of hydrogen-bond acceptors (Lipinski definition) is 5. The van der Waals surface area contributed by atoms with Crippen molar-refractivity contribution < 1.29 is 19.4 Å². The summed E-state index contributed by atoms with van der Waals surface area (Å²) in [5.41, 5.74) is 0.0382. The van der Waals surface area contributed by atoms with E-state index in [0.717, 1.165) is 31.8 Å². The molecule has 2 N–H and O–H groups in total. The summed E-state index contributed by atoms with van der Waals surface area (Å²) in [5, 5.41) is 14.7. The third-order valence-electron chi connectivity index (χ3n) is 4.92. The lowest BCUT2D eigenvalue weighted by molar-refractivity contribution is 0.0641. The number of aromatic hydroxyl groups is 1. The van der Waals surface area contributed by atoms with Gasteiger partial charge in [0, 0.05) is 36.7 Å². The third kappa shape index (κ3) is 4.07. The molecule has 144 valence electrons. The minimum atomic E-state index is -0.365. The molecular formula is C22H22N2O4. The van der Waals surface area contributed by atoms with Gasteiger partial charge >= 0.3 is 0 Å². The number of para-hydroxylation sites is 1. The van der Waals surface area contributed by atoms with Crippen molar-refractivity contribution in [2.75, 3.05) is 19.8 Å². The number of benzene rings is 2. The Labute approximate surface area is 163 Å². The smallest absolute Gasteiger partial charge is 0.273 e. The van der Waals surface area contributed by atoms with E-state index in [2.05, 4.69) is 10.3 Å². The molecule has 0 bridgehead atoms. The van der Waals surface area contributed by atoms with E-state index < -0.39 is 0 Å². The lowest BCUT2D eigenvalue weighted by Gasteiger charge is -2.22. The van der Waals surface area contributed by atoms with Gasteiger partial charge in [0.05, 0.1) is 0 Å². The number of nitrogens with zero attached hydrogens (tertiary/aromatic N) is 1. The number of hydrogen-bond donors (Lipinski definition) is 2. The summed E-state index contributed by atoms with van der Waals surface area (Å²) in [6, 6.07) is 14.7. The summed E-state index contributed by atoms with van der Waals surface area (Å²) in [6.07, 6.45) is 3.44. The van der Waals surface area contributed by atoms with Crippen molar-refractivity contribution in [3.63, 3.8) is 0 Å². The van der Waals surface area contributed by atoms with Crippen molar-refractivity contribution in [1.29, 1.82) is 0 Å². The highest BCUT2D eigenvalue weighted by Crippen LogP contribution is 2.31. The normalized spacial score (nSPS) is 14.7. The highest BCUT2D eigenvalue weighted by atomic mass is 16.5. The number of pyridine rings is 1. The van der Waals surface area contributed by atoms with Crippen LogP contribution in [0.1, 0.15) is 23.3 Å². The first kappa shape index (κ1) is 18.3. The average Bonchev–Trinajstić information content (AvgIpc) is 2.74. The van der Waals surface area contributed by atoms with Crippen molar-refractivity contribution in [1.82, 2.24) is 10.3 Å². The van der Waals surface area contributed by atoms with Crippen LogP contribution in [-0.2, 0) is 4.74 Å². The monoisotopic (exact) mass is 378 g/mol. The predicted octanol–water partition coefficient (Wildman–Crippen LogP) is 3.89. The number of aromatic nitrogens is 1. The van der Waals surface area contributed by atoms with Gasteiger partial charge in [-0.05, 0) is 49.1 Å². The largest absolute Gasteiger partial charge is 0.505 e. The van der Waals surface area contributed by atoms with Crippen molar-refractivity contribution in [3.8, 4) is 17.2 Å².